The number of hydrogen-bond acceptors (Lipinski definition) is 5. The van der Waals surface area contributed by atoms with Crippen molar-refractivity contribution in [1.82, 2.24) is 9.88 Å². The van der Waals surface area contributed by atoms with Crippen molar-refractivity contribution in [3.8, 4) is 6.07 Å². The number of carbonyl (C=O) groups is 1. The summed E-state index contributed by atoms with van der Waals surface area (Å²) in [5.74, 6) is -0.283. The van der Waals surface area contributed by atoms with Crippen LogP contribution in [0, 0.1) is 18.3 Å². The number of hydrogen-bond donors (Lipinski definition) is 1. The molecule has 0 aliphatic heterocycles. The Balaban J connectivity index is 1.76. The summed E-state index contributed by atoms with van der Waals surface area (Å²) in [6, 6.07) is 18.5. The predicted molar refractivity (Wildman–Crippen MR) is 118 cm³/mol. The first-order chi connectivity index (χ1) is 14.9. The summed E-state index contributed by atoms with van der Waals surface area (Å²) in [5, 5.41) is 8.92. The van der Waals surface area contributed by atoms with E-state index in [4.69, 9.17) is 5.26 Å². The van der Waals surface area contributed by atoms with E-state index in [1.165, 1.54) is 24.3 Å². The van der Waals surface area contributed by atoms with Gasteiger partial charge in [-0.05, 0) is 55.0 Å². The molecule has 1 heterocycles. The Morgan fingerprint density at radius 3 is 2.42 bits per heavy atom. The molecule has 0 bridgehead atoms. The fraction of sp³-hybridized carbons (Fsp3) is 0.174. The topological polar surface area (TPSA) is 103 Å². The molecule has 0 fully saturated rings. The van der Waals surface area contributed by atoms with Crippen molar-refractivity contribution in [1.29, 1.82) is 5.26 Å². The van der Waals surface area contributed by atoms with Crippen molar-refractivity contribution >= 4 is 21.6 Å². The monoisotopic (exact) mass is 434 g/mol. The van der Waals surface area contributed by atoms with Gasteiger partial charge in [0.1, 0.15) is 0 Å². The van der Waals surface area contributed by atoms with Crippen LogP contribution < -0.4 is 4.72 Å². The fourth-order valence-corrected chi connectivity index (χ4v) is 4.00. The number of rotatable bonds is 8. The second kappa shape index (κ2) is 9.87. The number of sulfonamides is 1. The third-order valence-corrected chi connectivity index (χ3v) is 5.99. The van der Waals surface area contributed by atoms with Crippen LogP contribution >= 0.6 is 0 Å². The van der Waals surface area contributed by atoms with E-state index in [2.05, 4.69) is 9.71 Å². The zero-order valence-electron chi connectivity index (χ0n) is 17.0. The molecule has 3 aromatic rings. The van der Waals surface area contributed by atoms with Crippen LogP contribution in [0.2, 0.25) is 0 Å². The summed E-state index contributed by atoms with van der Waals surface area (Å²) in [5.41, 5.74) is 2.68. The molecule has 0 aliphatic rings. The molecule has 1 aromatic heterocycles. The Hall–Kier alpha value is -3.70. The summed E-state index contributed by atoms with van der Waals surface area (Å²) in [7, 11) is -3.78. The van der Waals surface area contributed by atoms with Crippen molar-refractivity contribution in [2.24, 2.45) is 0 Å². The number of nitriles is 1. The SMILES string of the molecule is Cc1ccc(NS(=O)(=O)c2ccc(C(=O)N(CCC#N)Cc3cccnc3)cc2)cc1. The molecule has 0 atom stereocenters. The molecular weight excluding hydrogens is 412 g/mol. The second-order valence-electron chi connectivity index (χ2n) is 6.99. The van der Waals surface area contributed by atoms with Crippen molar-refractivity contribution < 1.29 is 13.2 Å². The Morgan fingerprint density at radius 2 is 1.81 bits per heavy atom. The lowest BCUT2D eigenvalue weighted by Gasteiger charge is -2.22. The molecule has 0 saturated carbocycles. The van der Waals surface area contributed by atoms with Gasteiger partial charge in [-0.2, -0.15) is 5.26 Å². The average Bonchev–Trinajstić information content (AvgIpc) is 2.78. The number of aromatic nitrogens is 1. The normalized spacial score (nSPS) is 10.8. The number of nitrogens with zero attached hydrogens (tertiary/aromatic N) is 3. The molecule has 31 heavy (non-hydrogen) atoms. The van der Waals surface area contributed by atoms with Crippen LogP contribution in [0.15, 0.2) is 78.0 Å². The van der Waals surface area contributed by atoms with Gasteiger partial charge < -0.3 is 4.90 Å². The number of aryl methyl sites for hydroxylation is 1. The number of anilines is 1. The maximum atomic E-state index is 13.0. The van der Waals surface area contributed by atoms with Gasteiger partial charge in [0.25, 0.3) is 15.9 Å². The molecule has 1 amide bonds. The van der Waals surface area contributed by atoms with Gasteiger partial charge in [0, 0.05) is 36.7 Å². The van der Waals surface area contributed by atoms with Gasteiger partial charge in [-0.3, -0.25) is 14.5 Å². The predicted octanol–water partition coefficient (Wildman–Crippen LogP) is 3.75. The Bertz CT molecular complexity index is 1170. The van der Waals surface area contributed by atoms with E-state index in [9.17, 15) is 13.2 Å². The molecule has 0 saturated heterocycles. The van der Waals surface area contributed by atoms with Gasteiger partial charge in [-0.1, -0.05) is 23.8 Å². The van der Waals surface area contributed by atoms with Crippen LogP contribution in [0.5, 0.6) is 0 Å². The quantitative estimate of drug-likeness (QED) is 0.582. The number of benzene rings is 2. The summed E-state index contributed by atoms with van der Waals surface area (Å²) >= 11 is 0. The Labute approximate surface area is 182 Å². The average molecular weight is 435 g/mol. The molecule has 158 valence electrons. The highest BCUT2D eigenvalue weighted by atomic mass is 32.2. The third-order valence-electron chi connectivity index (χ3n) is 4.59. The van der Waals surface area contributed by atoms with Crippen LogP contribution in [0.25, 0.3) is 0 Å². The van der Waals surface area contributed by atoms with E-state index in [-0.39, 0.29) is 23.8 Å². The van der Waals surface area contributed by atoms with Crippen LogP contribution in [-0.2, 0) is 16.6 Å². The number of pyridine rings is 1. The molecule has 0 radical (unpaired) electrons. The van der Waals surface area contributed by atoms with Gasteiger partial charge in [-0.15, -0.1) is 0 Å². The van der Waals surface area contributed by atoms with Crippen molar-refractivity contribution in [3.05, 3.63) is 89.7 Å². The first-order valence-electron chi connectivity index (χ1n) is 9.64. The van der Waals surface area contributed by atoms with Gasteiger partial charge in [0.05, 0.1) is 17.4 Å². The highest BCUT2D eigenvalue weighted by Gasteiger charge is 2.19. The van der Waals surface area contributed by atoms with E-state index in [0.29, 0.717) is 17.8 Å². The first-order valence-corrected chi connectivity index (χ1v) is 11.1. The smallest absolute Gasteiger partial charge is 0.261 e. The number of nitrogens with one attached hydrogen (secondary N) is 1. The maximum Gasteiger partial charge on any atom is 0.261 e. The molecule has 2 aromatic carbocycles. The highest BCUT2D eigenvalue weighted by molar-refractivity contribution is 7.92. The van der Waals surface area contributed by atoms with Crippen LogP contribution in [-0.4, -0.2) is 30.8 Å². The van der Waals surface area contributed by atoms with Crippen molar-refractivity contribution in [3.63, 3.8) is 0 Å². The maximum absolute atomic E-state index is 13.0. The van der Waals surface area contributed by atoms with E-state index < -0.39 is 10.0 Å². The number of amides is 1. The van der Waals surface area contributed by atoms with Gasteiger partial charge >= 0.3 is 0 Å². The molecule has 0 unspecified atom stereocenters. The largest absolute Gasteiger partial charge is 0.333 e. The minimum absolute atomic E-state index is 0.0560. The summed E-state index contributed by atoms with van der Waals surface area (Å²) in [4.78, 5) is 18.6. The van der Waals surface area contributed by atoms with E-state index >= 15 is 0 Å². The molecule has 0 aliphatic carbocycles. The van der Waals surface area contributed by atoms with E-state index in [1.54, 1.807) is 35.5 Å². The molecular formula is C23H22N4O3S. The first kappa shape index (κ1) is 22.0. The summed E-state index contributed by atoms with van der Waals surface area (Å²) in [6.45, 7) is 2.49. The van der Waals surface area contributed by atoms with Crippen LogP contribution in [0.1, 0.15) is 27.9 Å². The van der Waals surface area contributed by atoms with Crippen LogP contribution in [0.4, 0.5) is 5.69 Å². The highest BCUT2D eigenvalue weighted by Crippen LogP contribution is 2.18. The standard InChI is InChI=1S/C23H22N4O3S/c1-18-5-9-21(10-6-18)26-31(29,30)22-11-7-20(8-12-22)23(28)27(15-3-13-24)17-19-4-2-14-25-16-19/h2,4-12,14,16,26H,3,15,17H2,1H3. The lowest BCUT2D eigenvalue weighted by atomic mass is 10.1. The fourth-order valence-electron chi connectivity index (χ4n) is 2.94. The third kappa shape index (κ3) is 5.90. The molecule has 8 heteroatoms. The molecule has 1 N–H and O–H groups in total. The van der Waals surface area contributed by atoms with Crippen LogP contribution in [0.3, 0.4) is 0 Å². The zero-order chi connectivity index (χ0) is 22.3. The zero-order valence-corrected chi connectivity index (χ0v) is 17.8. The van der Waals surface area contributed by atoms with E-state index in [1.807, 2.05) is 31.2 Å². The molecule has 3 rings (SSSR count). The summed E-state index contributed by atoms with van der Waals surface area (Å²) < 4.78 is 27.8. The lowest BCUT2D eigenvalue weighted by molar-refractivity contribution is 0.0746. The molecule has 0 spiro atoms. The minimum Gasteiger partial charge on any atom is -0.333 e. The number of carbonyl (C=O) groups excluding carboxylic acids is 1. The van der Waals surface area contributed by atoms with Crippen molar-refractivity contribution in [2.75, 3.05) is 11.3 Å². The van der Waals surface area contributed by atoms with Gasteiger partial charge in [0.2, 0.25) is 0 Å². The summed E-state index contributed by atoms with van der Waals surface area (Å²) in [6.07, 6.45) is 3.51. The minimum atomic E-state index is -3.78. The van der Waals surface area contributed by atoms with Gasteiger partial charge in [0.15, 0.2) is 0 Å². The van der Waals surface area contributed by atoms with E-state index in [0.717, 1.165) is 11.1 Å². The molecule has 7 nitrogen and oxygen atoms in total. The second-order valence-corrected chi connectivity index (χ2v) is 8.67. The lowest BCUT2D eigenvalue weighted by Crippen LogP contribution is -2.31. The van der Waals surface area contributed by atoms with Gasteiger partial charge in [-0.25, -0.2) is 8.42 Å². The van der Waals surface area contributed by atoms with Crippen molar-refractivity contribution in [2.45, 2.75) is 24.8 Å². The Kier molecular flexibility index (Phi) is 7.00. The Morgan fingerprint density at radius 1 is 1.10 bits per heavy atom.